The van der Waals surface area contributed by atoms with Gasteiger partial charge >= 0.3 is 0 Å². The second kappa shape index (κ2) is 6.18. The molecule has 114 valence electrons. The number of hydrogen-bond donors (Lipinski definition) is 1. The van der Waals surface area contributed by atoms with Gasteiger partial charge < -0.3 is 4.74 Å². The van der Waals surface area contributed by atoms with E-state index in [1.807, 2.05) is 53.2 Å². The maximum atomic E-state index is 5.74. The van der Waals surface area contributed by atoms with Gasteiger partial charge in [0.1, 0.15) is 12.4 Å². The van der Waals surface area contributed by atoms with Crippen LogP contribution in [-0.4, -0.2) is 14.9 Å². The van der Waals surface area contributed by atoms with Crippen LogP contribution in [0.3, 0.4) is 0 Å². The summed E-state index contributed by atoms with van der Waals surface area (Å²) in [6.45, 7) is 0.364. The van der Waals surface area contributed by atoms with Crippen LogP contribution >= 0.6 is 11.8 Å². The number of fused-ring (bicyclic) bond motifs is 1. The van der Waals surface area contributed by atoms with Crippen LogP contribution in [0.25, 0.3) is 6.08 Å². The summed E-state index contributed by atoms with van der Waals surface area (Å²) in [5.41, 5.74) is 4.45. The van der Waals surface area contributed by atoms with Gasteiger partial charge in [0.15, 0.2) is 5.82 Å². The van der Waals surface area contributed by atoms with Gasteiger partial charge in [-0.1, -0.05) is 48.5 Å². The molecule has 1 aliphatic rings. The van der Waals surface area contributed by atoms with Gasteiger partial charge in [-0.05, 0) is 35.5 Å². The van der Waals surface area contributed by atoms with Gasteiger partial charge in [-0.15, -0.1) is 10.2 Å². The van der Waals surface area contributed by atoms with E-state index in [1.54, 1.807) is 11.8 Å². The highest BCUT2D eigenvalue weighted by Gasteiger charge is 2.22. The van der Waals surface area contributed by atoms with Crippen molar-refractivity contribution in [3.8, 4) is 5.75 Å². The topological polar surface area (TPSA) is 52.0 Å². The zero-order chi connectivity index (χ0) is 15.5. The maximum absolute atomic E-state index is 5.74. The number of rotatable bonds is 4. The number of hydrogen-bond acceptors (Lipinski definition) is 5. The Balaban J connectivity index is 1.48. The maximum Gasteiger partial charge on any atom is 0.216 e. The van der Waals surface area contributed by atoms with Crippen LogP contribution in [0, 0.1) is 0 Å². The Morgan fingerprint density at radius 2 is 1.74 bits per heavy atom. The van der Waals surface area contributed by atoms with E-state index in [0.717, 1.165) is 27.3 Å². The van der Waals surface area contributed by atoms with E-state index in [4.69, 9.17) is 4.74 Å². The summed E-state index contributed by atoms with van der Waals surface area (Å²) >= 11 is 1.56. The molecule has 0 atom stereocenters. The smallest absolute Gasteiger partial charge is 0.216 e. The van der Waals surface area contributed by atoms with Crippen molar-refractivity contribution < 1.29 is 4.74 Å². The van der Waals surface area contributed by atoms with Gasteiger partial charge in [-0.3, -0.25) is 5.43 Å². The van der Waals surface area contributed by atoms with E-state index in [-0.39, 0.29) is 0 Å². The number of nitrogens with zero attached hydrogens (tertiary/aromatic N) is 3. The number of thioether (sulfide) groups is 1. The summed E-state index contributed by atoms with van der Waals surface area (Å²) < 4.78 is 7.60. The van der Waals surface area contributed by atoms with Crippen molar-refractivity contribution in [2.75, 3.05) is 5.43 Å². The van der Waals surface area contributed by atoms with Crippen molar-refractivity contribution in [1.29, 1.82) is 0 Å². The van der Waals surface area contributed by atoms with E-state index < -0.39 is 0 Å². The highest BCUT2D eigenvalue weighted by Crippen LogP contribution is 2.32. The first-order valence-corrected chi connectivity index (χ1v) is 8.04. The third-order valence-corrected chi connectivity index (χ3v) is 4.21. The third-order valence-electron chi connectivity index (χ3n) is 3.33. The molecule has 0 radical (unpaired) electrons. The van der Waals surface area contributed by atoms with Gasteiger partial charge in [-0.25, -0.2) is 4.68 Å². The standard InChI is InChI=1S/C17H14N4OS/c1-3-7-13(8-4-1)11-16-20-21-15(18-19-17(21)23-16)12-22-14-9-5-2-6-10-14/h1-11,20H,12H2/b16-11-. The lowest BCUT2D eigenvalue weighted by Crippen LogP contribution is -2.13. The Bertz CT molecular complexity index is 830. The molecule has 6 heteroatoms. The summed E-state index contributed by atoms with van der Waals surface area (Å²) in [6.07, 6.45) is 2.08. The molecule has 0 aliphatic carbocycles. The van der Waals surface area contributed by atoms with Crippen LogP contribution in [-0.2, 0) is 6.61 Å². The van der Waals surface area contributed by atoms with Crippen molar-refractivity contribution in [3.63, 3.8) is 0 Å². The minimum absolute atomic E-state index is 0.364. The fraction of sp³-hybridized carbons (Fsp3) is 0.0588. The number of benzene rings is 2. The molecule has 1 aliphatic heterocycles. The fourth-order valence-electron chi connectivity index (χ4n) is 2.23. The van der Waals surface area contributed by atoms with Gasteiger partial charge in [0.2, 0.25) is 5.16 Å². The van der Waals surface area contributed by atoms with Gasteiger partial charge in [0, 0.05) is 0 Å². The molecule has 4 rings (SSSR count). The summed E-state index contributed by atoms with van der Waals surface area (Å²) in [5.74, 6) is 1.56. The lowest BCUT2D eigenvalue weighted by atomic mass is 10.2. The van der Waals surface area contributed by atoms with Crippen LogP contribution in [0.2, 0.25) is 0 Å². The molecule has 23 heavy (non-hydrogen) atoms. The molecule has 1 aromatic heterocycles. The fourth-order valence-corrected chi connectivity index (χ4v) is 3.08. The van der Waals surface area contributed by atoms with E-state index in [0.29, 0.717) is 6.61 Å². The van der Waals surface area contributed by atoms with Crippen molar-refractivity contribution in [2.45, 2.75) is 11.8 Å². The molecule has 3 aromatic rings. The van der Waals surface area contributed by atoms with Gasteiger partial charge in [0.25, 0.3) is 0 Å². The molecule has 0 saturated heterocycles. The number of nitrogens with one attached hydrogen (secondary N) is 1. The van der Waals surface area contributed by atoms with Crippen LogP contribution < -0.4 is 10.2 Å². The Labute approximate surface area is 138 Å². The minimum Gasteiger partial charge on any atom is -0.486 e. The van der Waals surface area contributed by atoms with Crippen LogP contribution in [0.4, 0.5) is 0 Å². The lowest BCUT2D eigenvalue weighted by molar-refractivity contribution is 0.291. The highest BCUT2D eigenvalue weighted by molar-refractivity contribution is 8.03. The summed E-state index contributed by atoms with van der Waals surface area (Å²) in [6, 6.07) is 19.9. The van der Waals surface area contributed by atoms with Gasteiger partial charge in [-0.2, -0.15) is 0 Å². The minimum atomic E-state index is 0.364. The molecule has 5 nitrogen and oxygen atoms in total. The molecule has 0 amide bonds. The molecule has 2 heterocycles. The van der Waals surface area contributed by atoms with Crippen molar-refractivity contribution in [3.05, 3.63) is 77.1 Å². The average molecular weight is 322 g/mol. The predicted molar refractivity (Wildman–Crippen MR) is 90.4 cm³/mol. The molecular formula is C17H14N4OS. The third kappa shape index (κ3) is 3.07. The predicted octanol–water partition coefficient (Wildman–Crippen LogP) is 3.50. The van der Waals surface area contributed by atoms with Crippen molar-refractivity contribution in [2.24, 2.45) is 0 Å². The number of aromatic nitrogens is 3. The molecule has 2 aromatic carbocycles. The first-order valence-electron chi connectivity index (χ1n) is 7.22. The Kier molecular flexibility index (Phi) is 3.73. The summed E-state index contributed by atoms with van der Waals surface area (Å²) in [7, 11) is 0. The van der Waals surface area contributed by atoms with E-state index in [2.05, 4.69) is 33.8 Å². The van der Waals surface area contributed by atoms with Crippen LogP contribution in [0.15, 0.2) is 70.8 Å². The quantitative estimate of drug-likeness (QED) is 0.796. The van der Waals surface area contributed by atoms with Gasteiger partial charge in [0.05, 0.1) is 5.03 Å². The molecule has 1 N–H and O–H groups in total. The first-order chi connectivity index (χ1) is 11.4. The first kappa shape index (κ1) is 13.9. The second-order valence-corrected chi connectivity index (χ2v) is 5.98. The SMILES string of the molecule is C(=C1\Nn2c(COc3ccccc3)nnc2S1)/c1ccccc1. The zero-order valence-electron chi connectivity index (χ0n) is 12.2. The Hall–Kier alpha value is -2.73. The monoisotopic (exact) mass is 322 g/mol. The van der Waals surface area contributed by atoms with E-state index >= 15 is 0 Å². The molecular weight excluding hydrogens is 308 g/mol. The number of ether oxygens (including phenoxy) is 1. The lowest BCUT2D eigenvalue weighted by Gasteiger charge is -2.07. The Morgan fingerprint density at radius 1 is 1.00 bits per heavy atom. The normalized spacial score (nSPS) is 14.5. The van der Waals surface area contributed by atoms with E-state index in [9.17, 15) is 0 Å². The molecule has 0 spiro atoms. The zero-order valence-corrected chi connectivity index (χ0v) is 13.0. The second-order valence-electron chi connectivity index (χ2n) is 4.97. The highest BCUT2D eigenvalue weighted by atomic mass is 32.2. The van der Waals surface area contributed by atoms with Crippen molar-refractivity contribution in [1.82, 2.24) is 14.9 Å². The van der Waals surface area contributed by atoms with Crippen molar-refractivity contribution >= 4 is 17.8 Å². The van der Waals surface area contributed by atoms with Crippen LogP contribution in [0.1, 0.15) is 11.4 Å². The molecule has 0 bridgehead atoms. The summed E-state index contributed by atoms with van der Waals surface area (Å²) in [4.78, 5) is 0. The summed E-state index contributed by atoms with van der Waals surface area (Å²) in [5, 5.41) is 10.2. The Morgan fingerprint density at radius 3 is 2.52 bits per heavy atom. The number of para-hydroxylation sites is 1. The molecule has 0 unspecified atom stereocenters. The molecule has 0 saturated carbocycles. The largest absolute Gasteiger partial charge is 0.486 e. The molecule has 0 fully saturated rings. The van der Waals surface area contributed by atoms with E-state index in [1.165, 1.54) is 0 Å². The average Bonchev–Trinajstić information content (AvgIpc) is 3.15. The van der Waals surface area contributed by atoms with Crippen LogP contribution in [0.5, 0.6) is 5.75 Å².